The SMILES string of the molecule is Cc1c(OCCCO)ccc(C(=O)O)c1C. The summed E-state index contributed by atoms with van der Waals surface area (Å²) < 4.78 is 5.44. The van der Waals surface area contributed by atoms with Crippen LogP contribution in [0.15, 0.2) is 12.1 Å². The van der Waals surface area contributed by atoms with E-state index in [-0.39, 0.29) is 6.61 Å². The molecule has 0 unspecified atom stereocenters. The molecule has 1 aromatic rings. The van der Waals surface area contributed by atoms with E-state index >= 15 is 0 Å². The standard InChI is InChI=1S/C12H16O4/c1-8-9(2)11(16-7-3-6-13)5-4-10(8)12(14)15/h4-5,13H,3,6-7H2,1-2H3,(H,14,15). The number of ether oxygens (including phenoxy) is 1. The summed E-state index contributed by atoms with van der Waals surface area (Å²) in [5, 5.41) is 17.5. The number of benzene rings is 1. The maximum Gasteiger partial charge on any atom is 0.335 e. The quantitative estimate of drug-likeness (QED) is 0.748. The van der Waals surface area contributed by atoms with Crippen molar-refractivity contribution in [2.45, 2.75) is 20.3 Å². The number of carbonyl (C=O) groups is 1. The van der Waals surface area contributed by atoms with E-state index < -0.39 is 5.97 Å². The van der Waals surface area contributed by atoms with Crippen LogP contribution in [0.1, 0.15) is 27.9 Å². The van der Waals surface area contributed by atoms with Gasteiger partial charge in [-0.15, -0.1) is 0 Å². The number of aliphatic hydroxyl groups excluding tert-OH is 1. The van der Waals surface area contributed by atoms with Gasteiger partial charge in [-0.1, -0.05) is 0 Å². The molecule has 4 heteroatoms. The third kappa shape index (κ3) is 2.73. The molecule has 0 aliphatic rings. The first-order valence-corrected chi connectivity index (χ1v) is 5.15. The number of hydrogen-bond acceptors (Lipinski definition) is 3. The topological polar surface area (TPSA) is 66.8 Å². The molecular weight excluding hydrogens is 208 g/mol. The molecule has 0 heterocycles. The molecule has 0 aliphatic carbocycles. The lowest BCUT2D eigenvalue weighted by Crippen LogP contribution is -2.05. The van der Waals surface area contributed by atoms with Gasteiger partial charge in [0.1, 0.15) is 5.75 Å². The van der Waals surface area contributed by atoms with E-state index in [0.29, 0.717) is 29.9 Å². The minimum absolute atomic E-state index is 0.0885. The fourth-order valence-electron chi connectivity index (χ4n) is 1.43. The molecule has 0 fully saturated rings. The summed E-state index contributed by atoms with van der Waals surface area (Å²) in [5.74, 6) is -0.251. The van der Waals surface area contributed by atoms with Gasteiger partial charge in [0.05, 0.1) is 12.2 Å². The Hall–Kier alpha value is -1.55. The van der Waals surface area contributed by atoms with Gasteiger partial charge in [0.25, 0.3) is 0 Å². The Balaban J connectivity index is 2.89. The molecule has 0 saturated carbocycles. The minimum atomic E-state index is -0.928. The van der Waals surface area contributed by atoms with E-state index in [1.165, 1.54) is 0 Å². The van der Waals surface area contributed by atoms with Crippen LogP contribution in [0.3, 0.4) is 0 Å². The van der Waals surface area contributed by atoms with Crippen LogP contribution in [0.25, 0.3) is 0 Å². The first kappa shape index (κ1) is 12.5. The van der Waals surface area contributed by atoms with Crippen molar-refractivity contribution in [3.05, 3.63) is 28.8 Å². The van der Waals surface area contributed by atoms with Crippen molar-refractivity contribution in [2.75, 3.05) is 13.2 Å². The zero-order valence-electron chi connectivity index (χ0n) is 9.49. The third-order valence-corrected chi connectivity index (χ3v) is 2.53. The van der Waals surface area contributed by atoms with E-state index in [2.05, 4.69) is 0 Å². The number of carboxylic acid groups (broad SMARTS) is 1. The lowest BCUT2D eigenvalue weighted by atomic mass is 10.0. The van der Waals surface area contributed by atoms with Crippen molar-refractivity contribution in [3.8, 4) is 5.75 Å². The Morgan fingerprint density at radius 1 is 1.31 bits per heavy atom. The molecule has 0 aliphatic heterocycles. The Bertz CT molecular complexity index is 385. The molecule has 0 bridgehead atoms. The molecule has 0 radical (unpaired) electrons. The second-order valence-corrected chi connectivity index (χ2v) is 3.59. The number of hydrogen-bond donors (Lipinski definition) is 2. The van der Waals surface area contributed by atoms with Gasteiger partial charge in [0.2, 0.25) is 0 Å². The summed E-state index contributed by atoms with van der Waals surface area (Å²) in [6.07, 6.45) is 0.569. The van der Waals surface area contributed by atoms with Gasteiger partial charge in [0, 0.05) is 13.0 Å². The van der Waals surface area contributed by atoms with Crippen molar-refractivity contribution < 1.29 is 19.7 Å². The number of rotatable bonds is 5. The maximum absolute atomic E-state index is 10.9. The van der Waals surface area contributed by atoms with E-state index in [0.717, 1.165) is 5.56 Å². The molecule has 1 aromatic carbocycles. The maximum atomic E-state index is 10.9. The normalized spacial score (nSPS) is 10.2. The van der Waals surface area contributed by atoms with Crippen molar-refractivity contribution >= 4 is 5.97 Å². The van der Waals surface area contributed by atoms with Crippen LogP contribution in [-0.4, -0.2) is 29.4 Å². The second kappa shape index (κ2) is 5.51. The fraction of sp³-hybridized carbons (Fsp3) is 0.417. The molecule has 2 N–H and O–H groups in total. The van der Waals surface area contributed by atoms with Crippen LogP contribution in [0, 0.1) is 13.8 Å². The van der Waals surface area contributed by atoms with Crippen LogP contribution < -0.4 is 4.74 Å². The van der Waals surface area contributed by atoms with Crippen LogP contribution in [0.5, 0.6) is 5.75 Å². The van der Waals surface area contributed by atoms with Crippen molar-refractivity contribution in [2.24, 2.45) is 0 Å². The van der Waals surface area contributed by atoms with Crippen LogP contribution in [-0.2, 0) is 0 Å². The second-order valence-electron chi connectivity index (χ2n) is 3.59. The van der Waals surface area contributed by atoms with Crippen molar-refractivity contribution in [1.82, 2.24) is 0 Å². The predicted molar refractivity (Wildman–Crippen MR) is 60.1 cm³/mol. The number of aliphatic hydroxyl groups is 1. The molecule has 0 amide bonds. The summed E-state index contributed by atoms with van der Waals surface area (Å²) in [6, 6.07) is 3.20. The summed E-state index contributed by atoms with van der Waals surface area (Å²) in [4.78, 5) is 10.9. The molecule has 0 aromatic heterocycles. The van der Waals surface area contributed by atoms with Gasteiger partial charge in [0.15, 0.2) is 0 Å². The smallest absolute Gasteiger partial charge is 0.335 e. The highest BCUT2D eigenvalue weighted by Crippen LogP contribution is 2.24. The zero-order chi connectivity index (χ0) is 12.1. The number of aromatic carboxylic acids is 1. The summed E-state index contributed by atoms with van der Waals surface area (Å²) in [5.41, 5.74) is 1.85. The largest absolute Gasteiger partial charge is 0.493 e. The van der Waals surface area contributed by atoms with E-state index in [1.54, 1.807) is 19.1 Å². The predicted octanol–water partition coefficient (Wildman–Crippen LogP) is 1.76. The highest BCUT2D eigenvalue weighted by Gasteiger charge is 2.11. The first-order chi connectivity index (χ1) is 7.57. The molecule has 0 atom stereocenters. The summed E-state index contributed by atoms with van der Waals surface area (Å²) in [7, 11) is 0. The average molecular weight is 224 g/mol. The highest BCUT2D eigenvalue weighted by atomic mass is 16.5. The molecule has 88 valence electrons. The summed E-state index contributed by atoms with van der Waals surface area (Å²) >= 11 is 0. The van der Waals surface area contributed by atoms with Gasteiger partial charge in [-0.3, -0.25) is 0 Å². The monoisotopic (exact) mass is 224 g/mol. The van der Waals surface area contributed by atoms with Crippen molar-refractivity contribution in [1.29, 1.82) is 0 Å². The van der Waals surface area contributed by atoms with Crippen LogP contribution in [0.4, 0.5) is 0 Å². The molecule has 16 heavy (non-hydrogen) atoms. The van der Waals surface area contributed by atoms with Crippen LogP contribution in [0.2, 0.25) is 0 Å². The third-order valence-electron chi connectivity index (χ3n) is 2.53. The molecule has 0 saturated heterocycles. The van der Waals surface area contributed by atoms with E-state index in [4.69, 9.17) is 14.9 Å². The molecule has 4 nitrogen and oxygen atoms in total. The Kier molecular flexibility index (Phi) is 4.31. The highest BCUT2D eigenvalue weighted by molar-refractivity contribution is 5.90. The van der Waals surface area contributed by atoms with Gasteiger partial charge in [-0.2, -0.15) is 0 Å². The molecule has 0 spiro atoms. The Morgan fingerprint density at radius 2 is 2.00 bits per heavy atom. The van der Waals surface area contributed by atoms with Gasteiger partial charge in [-0.05, 0) is 37.1 Å². The number of carboxylic acids is 1. The van der Waals surface area contributed by atoms with Crippen molar-refractivity contribution in [3.63, 3.8) is 0 Å². The zero-order valence-corrected chi connectivity index (χ0v) is 9.49. The van der Waals surface area contributed by atoms with Crippen LogP contribution >= 0.6 is 0 Å². The minimum Gasteiger partial charge on any atom is -0.493 e. The fourth-order valence-corrected chi connectivity index (χ4v) is 1.43. The lowest BCUT2D eigenvalue weighted by molar-refractivity contribution is 0.0696. The van der Waals surface area contributed by atoms with Gasteiger partial charge < -0.3 is 14.9 Å². The lowest BCUT2D eigenvalue weighted by Gasteiger charge is -2.12. The summed E-state index contributed by atoms with van der Waals surface area (Å²) in [6.45, 7) is 4.11. The van der Waals surface area contributed by atoms with Gasteiger partial charge in [-0.25, -0.2) is 4.79 Å². The molecule has 1 rings (SSSR count). The van der Waals surface area contributed by atoms with E-state index in [9.17, 15) is 4.79 Å². The van der Waals surface area contributed by atoms with E-state index in [1.807, 2.05) is 6.92 Å². The Morgan fingerprint density at radius 3 is 2.56 bits per heavy atom. The first-order valence-electron chi connectivity index (χ1n) is 5.15. The molecular formula is C12H16O4. The average Bonchev–Trinajstić information content (AvgIpc) is 2.24. The Labute approximate surface area is 94.5 Å². The van der Waals surface area contributed by atoms with Gasteiger partial charge >= 0.3 is 5.97 Å².